The molecular weight excluding hydrogens is 318 g/mol. The monoisotopic (exact) mass is 338 g/mol. The van der Waals surface area contributed by atoms with Gasteiger partial charge in [-0.2, -0.15) is 0 Å². The minimum Gasteiger partial charge on any atom is -0.504 e. The predicted molar refractivity (Wildman–Crippen MR) is 87.3 cm³/mol. The second-order valence-corrected chi connectivity index (χ2v) is 8.91. The Hall–Kier alpha value is -1.85. The summed E-state index contributed by atoms with van der Waals surface area (Å²) in [5.41, 5.74) is 0.485. The average molecular weight is 338 g/mol. The molecule has 0 amide bonds. The lowest BCUT2D eigenvalue weighted by atomic mass is 9.48. The molecule has 0 unspecified atom stereocenters. The second kappa shape index (κ2) is 3.38. The molecule has 1 saturated carbocycles. The van der Waals surface area contributed by atoms with Crippen molar-refractivity contribution in [2.24, 2.45) is 0 Å². The lowest BCUT2D eigenvalue weighted by Gasteiger charge is -2.59. The van der Waals surface area contributed by atoms with Crippen LogP contribution < -0.4 is 4.74 Å². The van der Waals surface area contributed by atoms with E-state index in [1.54, 1.807) is 6.07 Å². The van der Waals surface area contributed by atoms with Crippen LogP contribution in [0.1, 0.15) is 30.4 Å². The Balaban J connectivity index is 1.56. The summed E-state index contributed by atoms with van der Waals surface area (Å²) in [6, 6.07) is 5.30. The number of ether oxygens (including phenoxy) is 1. The van der Waals surface area contributed by atoms with Crippen molar-refractivity contribution in [2.45, 2.75) is 67.0 Å². The Kier molecular flexibility index (Phi) is 1.81. The van der Waals surface area contributed by atoms with Gasteiger partial charge in [-0.15, -0.1) is 0 Å². The topological polar surface area (TPSA) is 66.8 Å². The third-order valence-electron chi connectivity index (χ3n) is 8.62. The van der Waals surface area contributed by atoms with Crippen LogP contribution in [0.25, 0.3) is 0 Å². The molecule has 25 heavy (non-hydrogen) atoms. The summed E-state index contributed by atoms with van der Waals surface area (Å²) < 4.78 is 7.05. The molecule has 7 rings (SSSR count). The summed E-state index contributed by atoms with van der Waals surface area (Å²) in [5, 5.41) is 22.4. The van der Waals surface area contributed by atoms with E-state index >= 15 is 0 Å². The van der Waals surface area contributed by atoms with Crippen molar-refractivity contribution in [3.63, 3.8) is 0 Å². The maximum absolute atomic E-state index is 12.8. The largest absolute Gasteiger partial charge is 0.504 e. The first-order chi connectivity index (χ1) is 12.0. The molecule has 0 aromatic heterocycles. The highest BCUT2D eigenvalue weighted by Crippen LogP contribution is 2.78. The summed E-state index contributed by atoms with van der Waals surface area (Å²) in [4.78, 5) is 12.8. The quantitative estimate of drug-likeness (QED) is 0.455. The van der Waals surface area contributed by atoms with Crippen molar-refractivity contribution >= 4 is 5.78 Å². The van der Waals surface area contributed by atoms with Crippen molar-refractivity contribution < 1.29 is 24.2 Å². The van der Waals surface area contributed by atoms with Gasteiger partial charge in [0.1, 0.15) is 11.6 Å². The standard InChI is InChI=1S/C20H19NO4/c1-2-10-16-11-8-19-15-9-3-4-12(22)17(15)25-18(19)13(23)5-6-20(19,24)14(7-9)21(10,11)16/h2-4,10-11,14,16,18,24H,1,5-8H2/p+1/t10-,11-,14-,16-,18+,19+,20-,21+/m1/s1. The summed E-state index contributed by atoms with van der Waals surface area (Å²) in [5.74, 6) is 0.619. The van der Waals surface area contributed by atoms with Gasteiger partial charge in [0.05, 0.1) is 5.41 Å². The number of aromatic hydroxyl groups is 1. The number of benzene rings is 1. The molecule has 4 heterocycles. The van der Waals surface area contributed by atoms with E-state index in [2.05, 4.69) is 12.7 Å². The normalized spacial score (nSPS) is 54.8. The summed E-state index contributed by atoms with van der Waals surface area (Å²) in [6.45, 7) is 4.00. The number of ketones is 1. The van der Waals surface area contributed by atoms with Gasteiger partial charge in [0.25, 0.3) is 0 Å². The van der Waals surface area contributed by atoms with Crippen LogP contribution in [0.2, 0.25) is 0 Å². The maximum atomic E-state index is 12.8. The Bertz CT molecular complexity index is 927. The molecule has 2 N–H and O–H groups in total. The number of fused-ring (bicyclic) bond motifs is 1. The number of rotatable bonds is 1. The SMILES string of the molecule is C=C[C@@H]1[C@@H]2[C@H]3C[C@]45c6c7ccc(O)c6O[C@H]4C(=O)CC[C@@]5(O)[C@@H](C7)[N@+]213. The van der Waals surface area contributed by atoms with E-state index in [4.69, 9.17) is 4.74 Å². The number of piperidine rings is 1. The van der Waals surface area contributed by atoms with Crippen LogP contribution in [0.5, 0.6) is 11.5 Å². The molecule has 2 bridgehead atoms. The van der Waals surface area contributed by atoms with E-state index in [0.717, 1.165) is 28.5 Å². The van der Waals surface area contributed by atoms with E-state index in [9.17, 15) is 15.0 Å². The van der Waals surface area contributed by atoms with Crippen molar-refractivity contribution in [1.82, 2.24) is 0 Å². The molecule has 2 aliphatic carbocycles. The van der Waals surface area contributed by atoms with Gasteiger partial charge in [-0.25, -0.2) is 0 Å². The molecule has 5 nitrogen and oxygen atoms in total. The predicted octanol–water partition coefficient (Wildman–Crippen LogP) is 0.949. The number of carbonyl (C=O) groups excluding carboxylic acids is 1. The van der Waals surface area contributed by atoms with Crippen molar-refractivity contribution in [2.75, 3.05) is 0 Å². The Morgan fingerprint density at radius 2 is 2.24 bits per heavy atom. The average Bonchev–Trinajstić information content (AvgIpc) is 3.39. The molecule has 5 heteroatoms. The fourth-order valence-electron chi connectivity index (χ4n) is 7.77. The number of Topliss-reactive ketones (excluding diaryl/α,β-unsaturated/α-hetero) is 1. The van der Waals surface area contributed by atoms with Gasteiger partial charge in [-0.05, 0) is 24.1 Å². The molecule has 128 valence electrons. The van der Waals surface area contributed by atoms with Gasteiger partial charge in [0.2, 0.25) is 0 Å². The first-order valence-corrected chi connectivity index (χ1v) is 9.29. The van der Waals surface area contributed by atoms with Gasteiger partial charge < -0.3 is 14.9 Å². The fraction of sp³-hybridized carbons (Fsp3) is 0.550. The maximum Gasteiger partial charge on any atom is 0.199 e. The van der Waals surface area contributed by atoms with E-state index in [-0.39, 0.29) is 17.6 Å². The molecule has 0 radical (unpaired) electrons. The Morgan fingerprint density at radius 3 is 3.04 bits per heavy atom. The number of phenolic OH excluding ortho intramolecular Hbond substituents is 1. The summed E-state index contributed by atoms with van der Waals surface area (Å²) in [7, 11) is 0. The number of hydrogen-bond donors (Lipinski definition) is 2. The third-order valence-corrected chi connectivity index (χ3v) is 8.62. The molecule has 1 aromatic rings. The highest BCUT2D eigenvalue weighted by atomic mass is 16.5. The van der Waals surface area contributed by atoms with Crippen LogP contribution in [0.15, 0.2) is 24.8 Å². The third kappa shape index (κ3) is 0.993. The van der Waals surface area contributed by atoms with Crippen molar-refractivity contribution in [3.8, 4) is 11.5 Å². The van der Waals surface area contributed by atoms with Gasteiger partial charge in [-0.1, -0.05) is 12.6 Å². The van der Waals surface area contributed by atoms with Crippen LogP contribution in [-0.4, -0.2) is 56.4 Å². The first-order valence-electron chi connectivity index (χ1n) is 9.29. The minimum atomic E-state index is -0.930. The van der Waals surface area contributed by atoms with Crippen LogP contribution in [0.3, 0.4) is 0 Å². The first kappa shape index (κ1) is 13.4. The highest BCUT2D eigenvalue weighted by Gasteiger charge is 2.99. The number of nitrogens with zero attached hydrogens (tertiary/aromatic N) is 1. The van der Waals surface area contributed by atoms with E-state index in [1.807, 2.05) is 6.07 Å². The van der Waals surface area contributed by atoms with Gasteiger partial charge in [-0.3, -0.25) is 9.28 Å². The molecule has 3 saturated heterocycles. The van der Waals surface area contributed by atoms with Crippen LogP contribution in [-0.2, 0) is 16.6 Å². The van der Waals surface area contributed by atoms with Crippen LogP contribution in [0, 0.1) is 0 Å². The molecule has 1 aromatic carbocycles. The van der Waals surface area contributed by atoms with Crippen molar-refractivity contribution in [1.29, 1.82) is 0 Å². The van der Waals surface area contributed by atoms with E-state index in [1.165, 1.54) is 0 Å². The number of quaternary nitrogens is 1. The molecule has 4 fully saturated rings. The number of aliphatic hydroxyl groups is 1. The number of carbonyl (C=O) groups is 1. The van der Waals surface area contributed by atoms with Crippen LogP contribution >= 0.6 is 0 Å². The number of phenols is 1. The molecule has 4 aliphatic heterocycles. The summed E-state index contributed by atoms with van der Waals surface area (Å²) in [6.07, 6.45) is 3.86. The summed E-state index contributed by atoms with van der Waals surface area (Å²) >= 11 is 0. The molecule has 8 atom stereocenters. The van der Waals surface area contributed by atoms with Crippen LogP contribution in [0.4, 0.5) is 0 Å². The zero-order valence-corrected chi connectivity index (χ0v) is 13.8. The second-order valence-electron chi connectivity index (χ2n) is 8.91. The number of hydrogen-bond acceptors (Lipinski definition) is 4. The Labute approximate surface area is 145 Å². The molecule has 2 spiro atoms. The molecular formula is C20H20NO4+. The minimum absolute atomic E-state index is 0.0740. The van der Waals surface area contributed by atoms with E-state index < -0.39 is 17.1 Å². The zero-order chi connectivity index (χ0) is 16.9. The zero-order valence-electron chi connectivity index (χ0n) is 13.8. The van der Waals surface area contributed by atoms with E-state index in [0.29, 0.717) is 36.7 Å². The Morgan fingerprint density at radius 1 is 1.40 bits per heavy atom. The van der Waals surface area contributed by atoms with Gasteiger partial charge in [0.15, 0.2) is 41.5 Å². The lowest BCUT2D eigenvalue weighted by Crippen LogP contribution is -2.76. The van der Waals surface area contributed by atoms with Gasteiger partial charge >= 0.3 is 0 Å². The fourth-order valence-corrected chi connectivity index (χ4v) is 7.77. The lowest BCUT2D eigenvalue weighted by molar-refractivity contribution is -0.789. The smallest absolute Gasteiger partial charge is 0.199 e. The van der Waals surface area contributed by atoms with Gasteiger partial charge in [0, 0.05) is 24.8 Å². The highest BCUT2D eigenvalue weighted by molar-refractivity contribution is 5.90. The molecule has 6 aliphatic rings. The van der Waals surface area contributed by atoms with Crippen molar-refractivity contribution in [3.05, 3.63) is 35.9 Å².